The second kappa shape index (κ2) is 6.73. The van der Waals surface area contributed by atoms with Gasteiger partial charge in [0, 0.05) is 6.42 Å². The van der Waals surface area contributed by atoms with Crippen LogP contribution < -0.4 is 5.73 Å². The van der Waals surface area contributed by atoms with Crippen molar-refractivity contribution >= 4 is 0 Å². The second-order valence-corrected chi connectivity index (χ2v) is 9.30. The summed E-state index contributed by atoms with van der Waals surface area (Å²) in [6.07, 6.45) is 2.48. The van der Waals surface area contributed by atoms with E-state index in [9.17, 15) is 0 Å². The fourth-order valence-corrected chi connectivity index (χ4v) is 3.10. The van der Waals surface area contributed by atoms with Crippen LogP contribution in [0.2, 0.25) is 0 Å². The molecule has 1 aliphatic rings. The summed E-state index contributed by atoms with van der Waals surface area (Å²) in [6, 6.07) is 0. The Kier molecular flexibility index (Phi) is 6.07. The van der Waals surface area contributed by atoms with Crippen molar-refractivity contribution in [2.75, 3.05) is 6.61 Å². The van der Waals surface area contributed by atoms with Gasteiger partial charge in [-0.25, -0.2) is 19.6 Å². The average Bonchev–Trinajstić information content (AvgIpc) is 2.21. The summed E-state index contributed by atoms with van der Waals surface area (Å²) in [5.41, 5.74) is 4.86. The fraction of sp³-hybridized carbons (Fsp3) is 1.00. The smallest absolute Gasteiger partial charge is 0.152 e. The van der Waals surface area contributed by atoms with Crippen LogP contribution in [0.5, 0.6) is 0 Å². The summed E-state index contributed by atoms with van der Waals surface area (Å²) in [6.45, 7) is 16.6. The van der Waals surface area contributed by atoms with Gasteiger partial charge in [-0.1, -0.05) is 13.8 Å². The second-order valence-electron chi connectivity index (χ2n) is 9.30. The van der Waals surface area contributed by atoms with E-state index in [2.05, 4.69) is 13.8 Å². The highest BCUT2D eigenvalue weighted by molar-refractivity contribution is 4.92. The molecule has 3 atom stereocenters. The Morgan fingerprint density at radius 2 is 1.55 bits per heavy atom. The zero-order chi connectivity index (χ0) is 17.2. The monoisotopic (exact) mass is 317 g/mol. The maximum Gasteiger partial charge on any atom is 0.152 e. The van der Waals surface area contributed by atoms with Crippen LogP contribution in [0.25, 0.3) is 0 Å². The van der Waals surface area contributed by atoms with Crippen molar-refractivity contribution in [3.8, 4) is 0 Å². The molecule has 0 saturated heterocycles. The summed E-state index contributed by atoms with van der Waals surface area (Å²) < 4.78 is 0. The highest BCUT2D eigenvalue weighted by Crippen LogP contribution is 2.44. The van der Waals surface area contributed by atoms with Crippen molar-refractivity contribution in [1.29, 1.82) is 0 Å². The minimum Gasteiger partial charge on any atom is -0.301 e. The molecule has 0 aliphatic heterocycles. The van der Waals surface area contributed by atoms with Gasteiger partial charge in [0.2, 0.25) is 0 Å². The molecule has 1 aliphatic carbocycles. The van der Waals surface area contributed by atoms with Crippen LogP contribution >= 0.6 is 0 Å². The van der Waals surface area contributed by atoms with Crippen LogP contribution in [-0.4, -0.2) is 23.5 Å². The molecule has 132 valence electrons. The van der Waals surface area contributed by atoms with E-state index in [1.807, 2.05) is 41.5 Å². The number of nitrogens with two attached hydrogens (primary N) is 1. The van der Waals surface area contributed by atoms with Crippen molar-refractivity contribution in [1.82, 2.24) is 0 Å². The first-order valence-corrected chi connectivity index (χ1v) is 8.18. The van der Waals surface area contributed by atoms with Gasteiger partial charge in [0.15, 0.2) is 5.72 Å². The fourth-order valence-electron chi connectivity index (χ4n) is 3.10. The highest BCUT2D eigenvalue weighted by Gasteiger charge is 2.45. The van der Waals surface area contributed by atoms with E-state index in [-0.39, 0.29) is 16.6 Å². The summed E-state index contributed by atoms with van der Waals surface area (Å²) >= 11 is 0. The predicted molar refractivity (Wildman–Crippen MR) is 86.8 cm³/mol. The standard InChI is InChI=1S/C17H35NO4/c1-13-9-16(8,12-19-20-14(2,3)4)11-17(18,10-13)22-21-15(5,6)7/h13H,9-12,18H2,1-8H3. The molecule has 22 heavy (non-hydrogen) atoms. The van der Waals surface area contributed by atoms with Gasteiger partial charge in [0.1, 0.15) is 0 Å². The quantitative estimate of drug-likeness (QED) is 0.472. The first kappa shape index (κ1) is 19.8. The van der Waals surface area contributed by atoms with Gasteiger partial charge in [0.05, 0.1) is 17.8 Å². The minimum atomic E-state index is -0.787. The summed E-state index contributed by atoms with van der Waals surface area (Å²) in [5, 5.41) is 0. The molecular formula is C17H35NO4. The van der Waals surface area contributed by atoms with Crippen molar-refractivity contribution in [3.05, 3.63) is 0 Å². The van der Waals surface area contributed by atoms with Crippen molar-refractivity contribution in [2.45, 2.75) is 91.6 Å². The zero-order valence-corrected chi connectivity index (χ0v) is 15.6. The van der Waals surface area contributed by atoms with Crippen molar-refractivity contribution in [3.63, 3.8) is 0 Å². The van der Waals surface area contributed by atoms with E-state index in [4.69, 9.17) is 25.3 Å². The third-order valence-corrected chi connectivity index (χ3v) is 3.44. The molecular weight excluding hydrogens is 282 g/mol. The van der Waals surface area contributed by atoms with E-state index in [1.165, 1.54) is 0 Å². The Morgan fingerprint density at radius 3 is 2.05 bits per heavy atom. The molecule has 1 saturated carbocycles. The third-order valence-electron chi connectivity index (χ3n) is 3.44. The first-order valence-electron chi connectivity index (χ1n) is 8.18. The molecule has 0 bridgehead atoms. The summed E-state index contributed by atoms with van der Waals surface area (Å²) in [5.74, 6) is 0.436. The van der Waals surface area contributed by atoms with Gasteiger partial charge in [-0.15, -0.1) is 0 Å². The molecule has 0 spiro atoms. The predicted octanol–water partition coefficient (Wildman–Crippen LogP) is 3.96. The van der Waals surface area contributed by atoms with Gasteiger partial charge in [0.25, 0.3) is 0 Å². The number of rotatable bonds is 5. The molecule has 0 amide bonds. The number of hydrogen-bond donors (Lipinski definition) is 1. The average molecular weight is 317 g/mol. The molecule has 5 heteroatoms. The van der Waals surface area contributed by atoms with Crippen molar-refractivity contribution in [2.24, 2.45) is 17.1 Å². The molecule has 3 unspecified atom stereocenters. The molecule has 0 radical (unpaired) electrons. The first-order chi connectivity index (χ1) is 9.72. The lowest BCUT2D eigenvalue weighted by Gasteiger charge is -2.46. The lowest BCUT2D eigenvalue weighted by Crippen LogP contribution is -2.54. The van der Waals surface area contributed by atoms with E-state index >= 15 is 0 Å². The van der Waals surface area contributed by atoms with Gasteiger partial charge in [-0.05, 0) is 65.7 Å². The zero-order valence-electron chi connectivity index (χ0n) is 15.6. The topological polar surface area (TPSA) is 62.9 Å². The Labute approximate surface area is 135 Å². The molecule has 5 nitrogen and oxygen atoms in total. The number of hydrogen-bond acceptors (Lipinski definition) is 5. The molecule has 0 aromatic rings. The van der Waals surface area contributed by atoms with Crippen molar-refractivity contribution < 1.29 is 19.6 Å². The van der Waals surface area contributed by atoms with Crippen LogP contribution in [0, 0.1) is 11.3 Å². The molecule has 1 rings (SSSR count). The van der Waals surface area contributed by atoms with Crippen LogP contribution in [0.4, 0.5) is 0 Å². The normalized spacial score (nSPS) is 34.0. The van der Waals surface area contributed by atoms with Crippen LogP contribution in [0.1, 0.15) is 74.7 Å². The lowest BCUT2D eigenvalue weighted by molar-refractivity contribution is -0.418. The third kappa shape index (κ3) is 7.38. The van der Waals surface area contributed by atoms with E-state index in [0.717, 1.165) is 12.8 Å². The molecule has 0 heterocycles. The lowest BCUT2D eigenvalue weighted by atomic mass is 9.68. The minimum absolute atomic E-state index is 0.0983. The van der Waals surface area contributed by atoms with E-state index in [0.29, 0.717) is 18.9 Å². The van der Waals surface area contributed by atoms with Gasteiger partial charge in [-0.3, -0.25) is 0 Å². The Hall–Kier alpha value is -0.200. The molecule has 2 N–H and O–H groups in total. The largest absolute Gasteiger partial charge is 0.301 e. The van der Waals surface area contributed by atoms with Gasteiger partial charge >= 0.3 is 0 Å². The van der Waals surface area contributed by atoms with Crippen LogP contribution in [0.3, 0.4) is 0 Å². The summed E-state index contributed by atoms with van der Waals surface area (Å²) in [4.78, 5) is 22.0. The van der Waals surface area contributed by atoms with Crippen LogP contribution in [0.15, 0.2) is 0 Å². The van der Waals surface area contributed by atoms with Gasteiger partial charge < -0.3 is 5.73 Å². The Morgan fingerprint density at radius 1 is 1.00 bits per heavy atom. The van der Waals surface area contributed by atoms with Crippen LogP contribution in [-0.2, 0) is 19.6 Å². The SMILES string of the molecule is CC1CC(C)(COOC(C)(C)C)CC(N)(OOC(C)(C)C)C1. The molecule has 0 aromatic carbocycles. The van der Waals surface area contributed by atoms with E-state index in [1.54, 1.807) is 0 Å². The molecule has 0 aromatic heterocycles. The maximum atomic E-state index is 6.45. The Balaban J connectivity index is 2.64. The highest BCUT2D eigenvalue weighted by atomic mass is 17.2. The maximum absolute atomic E-state index is 6.45. The molecule has 1 fully saturated rings. The Bertz CT molecular complexity index is 361. The van der Waals surface area contributed by atoms with Gasteiger partial charge in [-0.2, -0.15) is 0 Å². The summed E-state index contributed by atoms with van der Waals surface area (Å²) in [7, 11) is 0. The van der Waals surface area contributed by atoms with E-state index < -0.39 is 5.72 Å².